The Balaban J connectivity index is 1.90. The second-order valence-corrected chi connectivity index (χ2v) is 5.20. The largest absolute Gasteiger partial charge is 0.385 e. The van der Waals surface area contributed by atoms with Gasteiger partial charge in [0.25, 0.3) is 0 Å². The zero-order chi connectivity index (χ0) is 13.5. The zero-order valence-electron chi connectivity index (χ0n) is 12.1. The van der Waals surface area contributed by atoms with E-state index in [2.05, 4.69) is 28.2 Å². The van der Waals surface area contributed by atoms with Gasteiger partial charge in [-0.2, -0.15) is 0 Å². The van der Waals surface area contributed by atoms with Crippen LogP contribution in [0.15, 0.2) is 18.3 Å². The van der Waals surface area contributed by atoms with Gasteiger partial charge in [0.1, 0.15) is 0 Å². The van der Waals surface area contributed by atoms with Crippen molar-refractivity contribution in [2.24, 2.45) is 0 Å². The van der Waals surface area contributed by atoms with Crippen LogP contribution in [0, 0.1) is 0 Å². The van der Waals surface area contributed by atoms with Gasteiger partial charge in [0.15, 0.2) is 0 Å². The molecule has 4 heteroatoms. The molecule has 19 heavy (non-hydrogen) atoms. The fourth-order valence-corrected chi connectivity index (χ4v) is 2.52. The maximum Gasteiger partial charge on any atom is 0.0698 e. The maximum atomic E-state index is 5.46. The summed E-state index contributed by atoms with van der Waals surface area (Å²) in [5, 5.41) is 3.41. The predicted octanol–water partition coefficient (Wildman–Crippen LogP) is 2.51. The molecule has 2 heterocycles. The van der Waals surface area contributed by atoms with E-state index < -0.39 is 0 Å². The number of nitrogens with zero attached hydrogens (tertiary/aromatic N) is 2. The fourth-order valence-electron chi connectivity index (χ4n) is 2.52. The van der Waals surface area contributed by atoms with Gasteiger partial charge >= 0.3 is 0 Å². The molecule has 2 rings (SSSR count). The van der Waals surface area contributed by atoms with Crippen LogP contribution in [0.2, 0.25) is 0 Å². The number of rotatable bonds is 6. The molecule has 0 amide bonds. The van der Waals surface area contributed by atoms with Crippen molar-refractivity contribution in [3.8, 4) is 0 Å². The van der Waals surface area contributed by atoms with Crippen molar-refractivity contribution in [2.45, 2.75) is 38.8 Å². The van der Waals surface area contributed by atoms with E-state index >= 15 is 0 Å². The quantitative estimate of drug-likeness (QED) is 0.856. The van der Waals surface area contributed by atoms with E-state index in [9.17, 15) is 0 Å². The second kappa shape index (κ2) is 7.46. The van der Waals surface area contributed by atoms with Gasteiger partial charge in [-0.3, -0.25) is 9.88 Å². The summed E-state index contributed by atoms with van der Waals surface area (Å²) in [6.45, 7) is 6.27. The Morgan fingerprint density at radius 3 is 3.21 bits per heavy atom. The average molecular weight is 263 g/mol. The zero-order valence-corrected chi connectivity index (χ0v) is 12.1. The third kappa shape index (κ3) is 4.48. The van der Waals surface area contributed by atoms with Crippen LogP contribution in [0.4, 0.5) is 5.69 Å². The van der Waals surface area contributed by atoms with Gasteiger partial charge in [-0.25, -0.2) is 0 Å². The minimum absolute atomic E-state index is 0.384. The van der Waals surface area contributed by atoms with Gasteiger partial charge in [-0.1, -0.05) is 6.92 Å². The molecular weight excluding hydrogens is 238 g/mol. The molecule has 0 bridgehead atoms. The molecule has 4 nitrogen and oxygen atoms in total. The molecule has 1 unspecified atom stereocenters. The molecule has 1 atom stereocenters. The van der Waals surface area contributed by atoms with E-state index in [1.807, 2.05) is 19.4 Å². The van der Waals surface area contributed by atoms with Crippen molar-refractivity contribution in [1.82, 2.24) is 9.88 Å². The van der Waals surface area contributed by atoms with Crippen LogP contribution < -0.4 is 5.32 Å². The Morgan fingerprint density at radius 1 is 1.53 bits per heavy atom. The van der Waals surface area contributed by atoms with Crippen molar-refractivity contribution in [1.29, 1.82) is 0 Å². The van der Waals surface area contributed by atoms with Crippen molar-refractivity contribution in [2.75, 3.05) is 32.1 Å². The maximum absolute atomic E-state index is 5.46. The number of nitrogens with one attached hydrogen (secondary N) is 1. The number of likely N-dealkylation sites (tertiary alicyclic amines) is 1. The fraction of sp³-hybridized carbons (Fsp3) is 0.667. The molecule has 1 saturated heterocycles. The topological polar surface area (TPSA) is 37.4 Å². The predicted molar refractivity (Wildman–Crippen MR) is 78.3 cm³/mol. The smallest absolute Gasteiger partial charge is 0.0698 e. The van der Waals surface area contributed by atoms with Crippen LogP contribution in [0.3, 0.4) is 0 Å². The molecule has 0 radical (unpaired) electrons. The van der Waals surface area contributed by atoms with E-state index in [4.69, 9.17) is 4.74 Å². The highest BCUT2D eigenvalue weighted by molar-refractivity contribution is 5.43. The Labute approximate surface area is 116 Å². The summed E-state index contributed by atoms with van der Waals surface area (Å²) in [6.07, 6.45) is 5.81. The normalized spacial score (nSPS) is 20.4. The first-order chi connectivity index (χ1) is 9.31. The van der Waals surface area contributed by atoms with Crippen LogP contribution in [-0.4, -0.2) is 42.7 Å². The number of hydrogen-bond donors (Lipinski definition) is 1. The van der Waals surface area contributed by atoms with Crippen LogP contribution in [0.5, 0.6) is 0 Å². The van der Waals surface area contributed by atoms with Gasteiger partial charge in [-0.05, 0) is 37.9 Å². The lowest BCUT2D eigenvalue weighted by Gasteiger charge is -2.31. The van der Waals surface area contributed by atoms with E-state index in [1.54, 1.807) is 0 Å². The monoisotopic (exact) mass is 263 g/mol. The highest BCUT2D eigenvalue weighted by Crippen LogP contribution is 2.16. The van der Waals surface area contributed by atoms with E-state index in [0.29, 0.717) is 6.10 Å². The van der Waals surface area contributed by atoms with Crippen LogP contribution in [0.1, 0.15) is 31.9 Å². The van der Waals surface area contributed by atoms with Gasteiger partial charge in [-0.15, -0.1) is 0 Å². The van der Waals surface area contributed by atoms with Crippen LogP contribution in [0.25, 0.3) is 0 Å². The molecule has 106 valence electrons. The molecule has 1 aliphatic rings. The number of aromatic nitrogens is 1. The highest BCUT2D eigenvalue weighted by atomic mass is 16.5. The molecule has 0 aromatic carbocycles. The molecule has 0 spiro atoms. The van der Waals surface area contributed by atoms with Crippen LogP contribution >= 0.6 is 0 Å². The summed E-state index contributed by atoms with van der Waals surface area (Å²) < 4.78 is 5.46. The summed E-state index contributed by atoms with van der Waals surface area (Å²) in [7, 11) is 1.81. The summed E-state index contributed by atoms with van der Waals surface area (Å²) in [6, 6.07) is 4.19. The third-order valence-electron chi connectivity index (χ3n) is 3.58. The first-order valence-corrected chi connectivity index (χ1v) is 7.25. The summed E-state index contributed by atoms with van der Waals surface area (Å²) in [5.41, 5.74) is 2.31. The highest BCUT2D eigenvalue weighted by Gasteiger charge is 2.19. The van der Waals surface area contributed by atoms with Crippen LogP contribution in [-0.2, 0) is 11.3 Å². The molecule has 0 saturated carbocycles. The van der Waals surface area contributed by atoms with E-state index in [0.717, 1.165) is 38.3 Å². The van der Waals surface area contributed by atoms with E-state index in [1.165, 1.54) is 18.5 Å². The van der Waals surface area contributed by atoms with Gasteiger partial charge in [0.2, 0.25) is 0 Å². The number of ether oxygens (including phenoxy) is 1. The molecular formula is C15H25N3O. The number of piperidine rings is 1. The van der Waals surface area contributed by atoms with Crippen molar-refractivity contribution < 1.29 is 4.74 Å². The molecule has 1 aromatic heterocycles. The molecule has 1 aliphatic heterocycles. The van der Waals surface area contributed by atoms with E-state index in [-0.39, 0.29) is 0 Å². The van der Waals surface area contributed by atoms with Gasteiger partial charge in [0.05, 0.1) is 11.8 Å². The number of pyridine rings is 1. The standard InChI is InChI=1S/C15H25N3O/c1-3-7-16-13-6-8-17-14(10-13)11-18-9-4-5-15(12-18)19-2/h6,8,10,15H,3-5,7,9,11-12H2,1-2H3,(H,16,17). The first kappa shape index (κ1) is 14.3. The minimum Gasteiger partial charge on any atom is -0.385 e. The summed E-state index contributed by atoms with van der Waals surface area (Å²) in [4.78, 5) is 6.90. The Bertz CT molecular complexity index is 383. The van der Waals surface area contributed by atoms with Crippen molar-refractivity contribution in [3.63, 3.8) is 0 Å². The molecule has 1 aromatic rings. The Hall–Kier alpha value is -1.13. The lowest BCUT2D eigenvalue weighted by atomic mass is 10.1. The molecule has 0 aliphatic carbocycles. The lowest BCUT2D eigenvalue weighted by molar-refractivity contribution is 0.0281. The van der Waals surface area contributed by atoms with Crippen molar-refractivity contribution in [3.05, 3.63) is 24.0 Å². The summed E-state index contributed by atoms with van der Waals surface area (Å²) in [5.74, 6) is 0. The molecule has 1 fully saturated rings. The third-order valence-corrected chi connectivity index (χ3v) is 3.58. The Morgan fingerprint density at radius 2 is 2.42 bits per heavy atom. The minimum atomic E-state index is 0.384. The number of anilines is 1. The SMILES string of the molecule is CCCNc1ccnc(CN2CCCC(OC)C2)c1. The number of hydrogen-bond acceptors (Lipinski definition) is 4. The number of methoxy groups -OCH3 is 1. The lowest BCUT2D eigenvalue weighted by Crippen LogP contribution is -2.38. The first-order valence-electron chi connectivity index (χ1n) is 7.25. The molecule has 1 N–H and O–H groups in total. The second-order valence-electron chi connectivity index (χ2n) is 5.20. The average Bonchev–Trinajstić information content (AvgIpc) is 2.46. The van der Waals surface area contributed by atoms with Gasteiger partial charge in [0, 0.05) is 38.6 Å². The Kier molecular flexibility index (Phi) is 5.61. The van der Waals surface area contributed by atoms with Gasteiger partial charge < -0.3 is 10.1 Å². The van der Waals surface area contributed by atoms with Crippen molar-refractivity contribution >= 4 is 5.69 Å². The summed E-state index contributed by atoms with van der Waals surface area (Å²) >= 11 is 0.